The summed E-state index contributed by atoms with van der Waals surface area (Å²) >= 11 is 5.04. The lowest BCUT2D eigenvalue weighted by Crippen LogP contribution is -2.44. The molecule has 4 rings (SSSR count). The second-order valence-electron chi connectivity index (χ2n) is 8.43. The van der Waals surface area contributed by atoms with Crippen LogP contribution in [0.25, 0.3) is 21.3 Å². The number of anilines is 2. The fourth-order valence-corrected chi connectivity index (χ4v) is 5.70. The molecule has 34 heavy (non-hydrogen) atoms. The Balaban J connectivity index is 1.52. The molecule has 3 heterocycles. The molecule has 0 aliphatic carbocycles. The quantitative estimate of drug-likeness (QED) is 0.449. The van der Waals surface area contributed by atoms with Crippen LogP contribution in [0, 0.1) is 5.41 Å². The highest BCUT2D eigenvalue weighted by Crippen LogP contribution is 2.38. The maximum atomic E-state index is 12.3. The fourth-order valence-electron chi connectivity index (χ4n) is 3.99. The minimum absolute atomic E-state index is 0.130. The summed E-state index contributed by atoms with van der Waals surface area (Å²) in [7, 11) is 0. The first-order valence-corrected chi connectivity index (χ1v) is 12.8. The summed E-state index contributed by atoms with van der Waals surface area (Å²) in [4.78, 5) is 41.3. The van der Waals surface area contributed by atoms with Gasteiger partial charge in [-0.25, -0.2) is 19.7 Å². The summed E-state index contributed by atoms with van der Waals surface area (Å²) < 4.78 is 7.06. The highest BCUT2D eigenvalue weighted by molar-refractivity contribution is 9.10. The average Bonchev–Trinajstić information content (AvgIpc) is 3.24. The summed E-state index contributed by atoms with van der Waals surface area (Å²) in [5.74, 6) is 0.515. The molecule has 1 saturated heterocycles. The van der Waals surface area contributed by atoms with Crippen molar-refractivity contribution in [2.75, 3.05) is 36.0 Å². The smallest absolute Gasteiger partial charge is 0.321 e. The van der Waals surface area contributed by atoms with Gasteiger partial charge in [-0.1, -0.05) is 11.3 Å². The van der Waals surface area contributed by atoms with Gasteiger partial charge in [0.2, 0.25) is 5.95 Å². The molecule has 1 fully saturated rings. The van der Waals surface area contributed by atoms with E-state index in [9.17, 15) is 9.59 Å². The summed E-state index contributed by atoms with van der Waals surface area (Å²) in [6, 6.07) is 3.43. The molecule has 0 bridgehead atoms. The second kappa shape index (κ2) is 9.83. The lowest BCUT2D eigenvalue weighted by molar-refractivity contribution is -0.155. The van der Waals surface area contributed by atoms with E-state index in [0.717, 1.165) is 25.8 Å². The number of urea groups is 1. The Labute approximate surface area is 210 Å². The Morgan fingerprint density at radius 3 is 2.47 bits per heavy atom. The maximum Gasteiger partial charge on any atom is 0.321 e. The minimum Gasteiger partial charge on any atom is -0.466 e. The minimum atomic E-state index is -0.526. The topological polar surface area (TPSA) is 115 Å². The zero-order valence-corrected chi connectivity index (χ0v) is 21.8. The van der Waals surface area contributed by atoms with Crippen LogP contribution in [0.15, 0.2) is 29.0 Å². The average molecular weight is 547 g/mol. The first kappa shape index (κ1) is 24.3. The molecule has 1 aliphatic heterocycles. The molecular formula is C23H27BrN6O3S. The van der Waals surface area contributed by atoms with Crippen molar-refractivity contribution < 1.29 is 14.3 Å². The van der Waals surface area contributed by atoms with Gasteiger partial charge in [-0.15, -0.1) is 0 Å². The van der Waals surface area contributed by atoms with Gasteiger partial charge in [0.1, 0.15) is 0 Å². The molecule has 1 aromatic carbocycles. The molecule has 2 N–H and O–H groups in total. The molecular weight excluding hydrogens is 520 g/mol. The summed E-state index contributed by atoms with van der Waals surface area (Å²) in [5.41, 5.74) is 7.56. The maximum absolute atomic E-state index is 12.3. The number of fused-ring (bicyclic) bond motifs is 1. The molecule has 0 atom stereocenters. The predicted octanol–water partition coefficient (Wildman–Crippen LogP) is 4.59. The number of ether oxygens (including phenoxy) is 1. The van der Waals surface area contributed by atoms with Crippen molar-refractivity contribution in [2.45, 2.75) is 33.6 Å². The molecule has 180 valence electrons. The Kier molecular flexibility index (Phi) is 7.04. The van der Waals surface area contributed by atoms with Crippen LogP contribution in [-0.4, -0.2) is 53.2 Å². The van der Waals surface area contributed by atoms with Gasteiger partial charge < -0.3 is 15.4 Å². The molecule has 11 heteroatoms. The van der Waals surface area contributed by atoms with Crippen molar-refractivity contribution in [3.05, 3.63) is 29.0 Å². The number of nitrogens with two attached hydrogens (primary N) is 1. The van der Waals surface area contributed by atoms with Crippen LogP contribution >= 0.6 is 27.3 Å². The van der Waals surface area contributed by atoms with E-state index in [2.05, 4.69) is 35.8 Å². The Morgan fingerprint density at radius 1 is 1.21 bits per heavy atom. The van der Waals surface area contributed by atoms with Crippen molar-refractivity contribution in [1.29, 1.82) is 0 Å². The number of rotatable bonds is 6. The van der Waals surface area contributed by atoms with E-state index in [1.165, 1.54) is 16.2 Å². The van der Waals surface area contributed by atoms with Gasteiger partial charge in [0.25, 0.3) is 0 Å². The number of carbonyl (C=O) groups is 2. The number of amides is 2. The summed E-state index contributed by atoms with van der Waals surface area (Å²) in [6.45, 7) is 7.89. The van der Waals surface area contributed by atoms with Crippen LogP contribution in [0.5, 0.6) is 0 Å². The monoisotopic (exact) mass is 546 g/mol. The van der Waals surface area contributed by atoms with Gasteiger partial charge in [-0.3, -0.25) is 9.69 Å². The molecule has 3 aromatic rings. The Bertz CT molecular complexity index is 1210. The van der Waals surface area contributed by atoms with Crippen LogP contribution in [0.3, 0.4) is 0 Å². The second-order valence-corrected chi connectivity index (χ2v) is 10.3. The van der Waals surface area contributed by atoms with E-state index in [1.54, 1.807) is 12.4 Å². The van der Waals surface area contributed by atoms with Gasteiger partial charge in [-0.05, 0) is 67.2 Å². The number of hydrogen-bond donors (Lipinski definition) is 1. The molecule has 9 nitrogen and oxygen atoms in total. The predicted molar refractivity (Wildman–Crippen MR) is 137 cm³/mol. The first-order chi connectivity index (χ1) is 16.3. The van der Waals surface area contributed by atoms with Crippen LogP contribution in [-0.2, 0) is 9.53 Å². The van der Waals surface area contributed by atoms with E-state index in [-0.39, 0.29) is 5.97 Å². The van der Waals surface area contributed by atoms with Crippen LogP contribution in [0.1, 0.15) is 33.6 Å². The molecule has 0 radical (unpaired) electrons. The normalized spacial score (nSPS) is 15.4. The number of carbonyl (C=O) groups excluding carboxylic acids is 2. The van der Waals surface area contributed by atoms with Gasteiger partial charge >= 0.3 is 12.0 Å². The third-order valence-electron chi connectivity index (χ3n) is 6.14. The molecule has 0 unspecified atom stereocenters. The van der Waals surface area contributed by atoms with Crippen molar-refractivity contribution in [1.82, 2.24) is 15.0 Å². The van der Waals surface area contributed by atoms with Crippen molar-refractivity contribution in [2.24, 2.45) is 11.1 Å². The third-order valence-corrected chi connectivity index (χ3v) is 8.15. The molecule has 0 spiro atoms. The molecule has 2 aromatic heterocycles. The zero-order chi connectivity index (χ0) is 24.5. The summed E-state index contributed by atoms with van der Waals surface area (Å²) in [6.07, 6.45) is 4.99. The number of aromatic nitrogens is 3. The zero-order valence-electron chi connectivity index (χ0n) is 19.4. The Hall–Kier alpha value is -2.79. The van der Waals surface area contributed by atoms with Crippen molar-refractivity contribution in [3.8, 4) is 11.1 Å². The molecule has 1 aliphatic rings. The lowest BCUT2D eigenvalue weighted by Gasteiger charge is -2.37. The largest absolute Gasteiger partial charge is 0.466 e. The van der Waals surface area contributed by atoms with E-state index in [4.69, 9.17) is 10.5 Å². The van der Waals surface area contributed by atoms with E-state index in [1.807, 2.05) is 32.9 Å². The number of hydrogen-bond acceptors (Lipinski definition) is 8. The first-order valence-electron chi connectivity index (χ1n) is 11.2. The van der Waals surface area contributed by atoms with Crippen LogP contribution in [0.2, 0.25) is 0 Å². The van der Waals surface area contributed by atoms with Crippen molar-refractivity contribution >= 4 is 60.6 Å². The fraction of sp³-hybridized carbons (Fsp3) is 0.435. The standard InChI is InChI=1S/C23H27BrN6O3S/c1-4-30(20(25)32)22-28-17-11-14(10-16(24)18(17)34-22)15-12-26-21(27-13-15)29-8-6-23(3,7-9-29)19(31)33-5-2/h10-13H,4-9H2,1-3H3,(H2,25,32). The van der Waals surface area contributed by atoms with Crippen LogP contribution < -0.4 is 15.5 Å². The Morgan fingerprint density at radius 2 is 1.88 bits per heavy atom. The molecule has 2 amide bonds. The summed E-state index contributed by atoms with van der Waals surface area (Å²) in [5, 5.41) is 0.564. The highest BCUT2D eigenvalue weighted by atomic mass is 79.9. The van der Waals surface area contributed by atoms with E-state index < -0.39 is 11.4 Å². The number of nitrogens with zero attached hydrogens (tertiary/aromatic N) is 5. The number of benzene rings is 1. The lowest BCUT2D eigenvalue weighted by atomic mass is 9.80. The molecule has 0 saturated carbocycles. The number of piperidine rings is 1. The number of primary amides is 1. The number of halogens is 1. The van der Waals surface area contributed by atoms with Crippen molar-refractivity contribution in [3.63, 3.8) is 0 Å². The SMILES string of the molecule is CCOC(=O)C1(C)CCN(c2ncc(-c3cc(Br)c4sc(N(CC)C(N)=O)nc4c3)cn2)CC1. The van der Waals surface area contributed by atoms with Crippen LogP contribution in [0.4, 0.5) is 15.9 Å². The number of thiazole rings is 1. The van der Waals surface area contributed by atoms with E-state index in [0.29, 0.717) is 50.2 Å². The van der Waals surface area contributed by atoms with E-state index >= 15 is 0 Å². The van der Waals surface area contributed by atoms with Gasteiger partial charge in [0, 0.05) is 42.1 Å². The highest BCUT2D eigenvalue weighted by Gasteiger charge is 2.38. The third kappa shape index (κ3) is 4.72. The number of esters is 1. The van der Waals surface area contributed by atoms with Gasteiger partial charge in [0.05, 0.1) is 22.2 Å². The van der Waals surface area contributed by atoms with Gasteiger partial charge in [0.15, 0.2) is 5.13 Å². The van der Waals surface area contributed by atoms with Gasteiger partial charge in [-0.2, -0.15) is 0 Å².